The smallest absolute Gasteiger partial charge is 0.233 e. The number of carbonyl (C=O) groups excluding carboxylic acids is 1. The lowest BCUT2D eigenvalue weighted by molar-refractivity contribution is -0.117. The number of hydrogen-bond donors (Lipinski definition) is 1. The van der Waals surface area contributed by atoms with Gasteiger partial charge in [-0.3, -0.25) is 10.1 Å². The van der Waals surface area contributed by atoms with Crippen LogP contribution in [0, 0.1) is 0 Å². The van der Waals surface area contributed by atoms with Crippen LogP contribution in [-0.2, 0) is 4.79 Å². The highest BCUT2D eigenvalue weighted by atomic mass is 32.1. The largest absolute Gasteiger partial charge is 0.497 e. The van der Waals surface area contributed by atoms with E-state index in [0.29, 0.717) is 5.13 Å². The van der Waals surface area contributed by atoms with Crippen LogP contribution in [0.15, 0.2) is 54.6 Å². The molecule has 6 heteroatoms. The zero-order valence-electron chi connectivity index (χ0n) is 13.4. The number of aromatic nitrogens is 2. The van der Waals surface area contributed by atoms with Crippen LogP contribution in [0.3, 0.4) is 0 Å². The van der Waals surface area contributed by atoms with Gasteiger partial charge in [-0.1, -0.05) is 41.7 Å². The third-order valence-electron chi connectivity index (χ3n) is 3.68. The van der Waals surface area contributed by atoms with E-state index in [4.69, 9.17) is 4.74 Å². The molecule has 1 aromatic heterocycles. The van der Waals surface area contributed by atoms with Gasteiger partial charge in [0.1, 0.15) is 10.8 Å². The number of rotatable bonds is 5. The number of ether oxygens (including phenoxy) is 1. The average Bonchev–Trinajstić information content (AvgIpc) is 3.10. The molecular formula is C18H17N3O2S. The Balaban J connectivity index is 1.70. The molecule has 0 bridgehead atoms. The Bertz CT molecular complexity index is 816. The number of nitrogens with one attached hydrogen (secondary N) is 1. The van der Waals surface area contributed by atoms with Gasteiger partial charge in [-0.05, 0) is 36.8 Å². The molecule has 1 N–H and O–H groups in total. The maximum absolute atomic E-state index is 12.4. The van der Waals surface area contributed by atoms with Crippen LogP contribution >= 0.6 is 11.3 Å². The van der Waals surface area contributed by atoms with Crippen molar-refractivity contribution in [3.8, 4) is 16.3 Å². The Labute approximate surface area is 144 Å². The van der Waals surface area contributed by atoms with Gasteiger partial charge in [-0.25, -0.2) is 0 Å². The lowest BCUT2D eigenvalue weighted by Gasteiger charge is -2.10. The molecule has 1 atom stereocenters. The van der Waals surface area contributed by atoms with E-state index in [1.165, 1.54) is 11.3 Å². The highest BCUT2D eigenvalue weighted by Gasteiger charge is 2.17. The first-order valence-electron chi connectivity index (χ1n) is 7.51. The van der Waals surface area contributed by atoms with Crippen LogP contribution in [0.1, 0.15) is 18.4 Å². The molecule has 122 valence electrons. The molecular weight excluding hydrogens is 322 g/mol. The van der Waals surface area contributed by atoms with E-state index in [1.807, 2.05) is 61.5 Å². The number of carbonyl (C=O) groups is 1. The van der Waals surface area contributed by atoms with E-state index in [-0.39, 0.29) is 11.8 Å². The minimum Gasteiger partial charge on any atom is -0.497 e. The first-order valence-corrected chi connectivity index (χ1v) is 8.33. The van der Waals surface area contributed by atoms with Crippen molar-refractivity contribution in [1.82, 2.24) is 10.2 Å². The van der Waals surface area contributed by atoms with Crippen molar-refractivity contribution in [3.05, 3.63) is 60.2 Å². The fourth-order valence-electron chi connectivity index (χ4n) is 2.23. The Morgan fingerprint density at radius 2 is 1.79 bits per heavy atom. The fourth-order valence-corrected chi connectivity index (χ4v) is 2.98. The molecule has 0 saturated heterocycles. The Kier molecular flexibility index (Phi) is 4.86. The standard InChI is InChI=1S/C18H17N3O2S/c1-12(13-6-4-3-5-7-13)16(22)19-18-21-20-17(24-18)14-8-10-15(23-2)11-9-14/h3-12H,1-2H3,(H,19,21,22)/t12-/m0/s1. The number of amides is 1. The summed E-state index contributed by atoms with van der Waals surface area (Å²) in [4.78, 5) is 12.4. The molecule has 3 aromatic rings. The second-order valence-corrected chi connectivity index (χ2v) is 6.24. The summed E-state index contributed by atoms with van der Waals surface area (Å²) < 4.78 is 5.14. The summed E-state index contributed by atoms with van der Waals surface area (Å²) in [6, 6.07) is 17.2. The first-order chi connectivity index (χ1) is 11.7. The average molecular weight is 339 g/mol. The Morgan fingerprint density at radius 3 is 2.46 bits per heavy atom. The van der Waals surface area contributed by atoms with Crippen molar-refractivity contribution < 1.29 is 9.53 Å². The van der Waals surface area contributed by atoms with E-state index in [2.05, 4.69) is 15.5 Å². The van der Waals surface area contributed by atoms with Crippen LogP contribution in [0.4, 0.5) is 5.13 Å². The molecule has 1 amide bonds. The molecule has 0 radical (unpaired) electrons. The maximum atomic E-state index is 12.4. The second kappa shape index (κ2) is 7.23. The van der Waals surface area contributed by atoms with E-state index in [9.17, 15) is 4.79 Å². The van der Waals surface area contributed by atoms with Gasteiger partial charge >= 0.3 is 0 Å². The van der Waals surface area contributed by atoms with Gasteiger partial charge in [-0.2, -0.15) is 0 Å². The normalized spacial score (nSPS) is 11.8. The number of hydrogen-bond acceptors (Lipinski definition) is 5. The van der Waals surface area contributed by atoms with Gasteiger partial charge in [0.2, 0.25) is 11.0 Å². The topological polar surface area (TPSA) is 64.1 Å². The van der Waals surface area contributed by atoms with Gasteiger partial charge in [0, 0.05) is 5.56 Å². The molecule has 24 heavy (non-hydrogen) atoms. The summed E-state index contributed by atoms with van der Waals surface area (Å²) in [7, 11) is 1.63. The minimum atomic E-state index is -0.250. The van der Waals surface area contributed by atoms with Crippen LogP contribution in [0.25, 0.3) is 10.6 Å². The number of methoxy groups -OCH3 is 1. The van der Waals surface area contributed by atoms with Crippen molar-refractivity contribution in [2.75, 3.05) is 12.4 Å². The van der Waals surface area contributed by atoms with Crippen molar-refractivity contribution in [1.29, 1.82) is 0 Å². The highest BCUT2D eigenvalue weighted by Crippen LogP contribution is 2.28. The van der Waals surface area contributed by atoms with Gasteiger partial charge in [0.15, 0.2) is 0 Å². The predicted octanol–water partition coefficient (Wildman–Crippen LogP) is 3.96. The SMILES string of the molecule is COc1ccc(-c2nnc(NC(=O)[C@@H](C)c3ccccc3)s2)cc1. The molecule has 3 rings (SSSR count). The van der Waals surface area contributed by atoms with E-state index < -0.39 is 0 Å². The molecule has 0 aliphatic rings. The van der Waals surface area contributed by atoms with Crippen molar-refractivity contribution in [2.45, 2.75) is 12.8 Å². The third-order valence-corrected chi connectivity index (χ3v) is 4.57. The molecule has 0 fully saturated rings. The summed E-state index contributed by atoms with van der Waals surface area (Å²) >= 11 is 1.35. The van der Waals surface area contributed by atoms with Crippen LogP contribution in [0.5, 0.6) is 5.75 Å². The van der Waals surface area contributed by atoms with Gasteiger partial charge in [0.25, 0.3) is 0 Å². The summed E-state index contributed by atoms with van der Waals surface area (Å²) in [5.41, 5.74) is 1.90. The number of anilines is 1. The van der Waals surface area contributed by atoms with Crippen LogP contribution in [-0.4, -0.2) is 23.2 Å². The monoisotopic (exact) mass is 339 g/mol. The van der Waals surface area contributed by atoms with Crippen LogP contribution < -0.4 is 10.1 Å². The molecule has 0 saturated carbocycles. The molecule has 5 nitrogen and oxygen atoms in total. The summed E-state index contributed by atoms with van der Waals surface area (Å²) in [5, 5.41) is 12.3. The van der Waals surface area contributed by atoms with Crippen LogP contribution in [0.2, 0.25) is 0 Å². The number of nitrogens with zero attached hydrogens (tertiary/aromatic N) is 2. The molecule has 2 aromatic carbocycles. The molecule has 0 spiro atoms. The fraction of sp³-hybridized carbons (Fsp3) is 0.167. The molecule has 0 aliphatic heterocycles. The lowest BCUT2D eigenvalue weighted by Crippen LogP contribution is -2.18. The summed E-state index contributed by atoms with van der Waals surface area (Å²) in [6.07, 6.45) is 0. The summed E-state index contributed by atoms with van der Waals surface area (Å²) in [5.74, 6) is 0.437. The van der Waals surface area contributed by atoms with Gasteiger partial charge < -0.3 is 4.74 Å². The van der Waals surface area contributed by atoms with Gasteiger partial charge in [0.05, 0.1) is 13.0 Å². The molecule has 0 aliphatic carbocycles. The lowest BCUT2D eigenvalue weighted by atomic mass is 10.0. The Morgan fingerprint density at radius 1 is 1.08 bits per heavy atom. The zero-order valence-corrected chi connectivity index (χ0v) is 14.2. The quantitative estimate of drug-likeness (QED) is 0.764. The molecule has 1 heterocycles. The maximum Gasteiger partial charge on any atom is 0.233 e. The van der Waals surface area contributed by atoms with Crippen molar-refractivity contribution in [3.63, 3.8) is 0 Å². The number of benzene rings is 2. The second-order valence-electron chi connectivity index (χ2n) is 5.26. The van der Waals surface area contributed by atoms with E-state index in [1.54, 1.807) is 7.11 Å². The summed E-state index contributed by atoms with van der Waals surface area (Å²) in [6.45, 7) is 1.87. The van der Waals surface area contributed by atoms with Gasteiger partial charge in [-0.15, -0.1) is 10.2 Å². The van der Waals surface area contributed by atoms with Crippen molar-refractivity contribution in [2.24, 2.45) is 0 Å². The third kappa shape index (κ3) is 3.60. The zero-order chi connectivity index (χ0) is 16.9. The minimum absolute atomic E-state index is 0.0985. The highest BCUT2D eigenvalue weighted by molar-refractivity contribution is 7.18. The Hall–Kier alpha value is -2.73. The molecule has 0 unspecified atom stereocenters. The van der Waals surface area contributed by atoms with E-state index >= 15 is 0 Å². The van der Waals surface area contributed by atoms with E-state index in [0.717, 1.165) is 21.9 Å². The predicted molar refractivity (Wildman–Crippen MR) is 95.4 cm³/mol. The first kappa shape index (κ1) is 16.1. The van der Waals surface area contributed by atoms with Crippen molar-refractivity contribution >= 4 is 22.4 Å².